The molecule has 0 saturated carbocycles. The zero-order valence-corrected chi connectivity index (χ0v) is 17.0. The lowest BCUT2D eigenvalue weighted by Crippen LogP contribution is -3.00. The average molecular weight is 452 g/mol. The number of halogens is 1. The van der Waals surface area contributed by atoms with Crippen LogP contribution >= 0.6 is 0 Å². The molecule has 0 radical (unpaired) electrons. The van der Waals surface area contributed by atoms with Crippen molar-refractivity contribution in [2.75, 3.05) is 0 Å². The van der Waals surface area contributed by atoms with Gasteiger partial charge in [-0.3, -0.25) is 4.79 Å². The Labute approximate surface area is 177 Å². The fourth-order valence-electron chi connectivity index (χ4n) is 3.43. The van der Waals surface area contributed by atoms with Gasteiger partial charge >= 0.3 is 11.9 Å². The molecule has 0 fully saturated rings. The summed E-state index contributed by atoms with van der Waals surface area (Å²) >= 11 is 0. The number of esters is 1. The Morgan fingerprint density at radius 1 is 0.793 bits per heavy atom. The van der Waals surface area contributed by atoms with E-state index >= 15 is 0 Å². The Bertz CT molecular complexity index is 1130. The monoisotopic (exact) mass is 451 g/mol. The number of hydrogen-bond acceptors (Lipinski definition) is 3. The Balaban J connectivity index is 0.00000240. The number of benzene rings is 3. The van der Waals surface area contributed by atoms with Gasteiger partial charge in [0.1, 0.15) is 12.2 Å². The maximum absolute atomic E-state index is 13.1. The van der Waals surface area contributed by atoms with Crippen LogP contribution in [0, 0.1) is 0 Å². The molecular formula is C23H18BrNO4. The first kappa shape index (κ1) is 20.5. The minimum Gasteiger partial charge on any atom is -1.00 e. The number of pyridine rings is 1. The second-order valence-electron chi connectivity index (χ2n) is 6.41. The van der Waals surface area contributed by atoms with E-state index in [-0.39, 0.29) is 23.4 Å². The number of carboxylic acids is 1. The number of aromatic nitrogens is 1. The summed E-state index contributed by atoms with van der Waals surface area (Å²) in [6.45, 7) is 0.310. The van der Waals surface area contributed by atoms with Crippen LogP contribution in [0.1, 0.15) is 16.8 Å². The first-order chi connectivity index (χ1) is 13.6. The fourth-order valence-corrected chi connectivity index (χ4v) is 3.43. The molecule has 1 heterocycles. The van der Waals surface area contributed by atoms with E-state index in [1.54, 1.807) is 12.1 Å². The van der Waals surface area contributed by atoms with Crippen molar-refractivity contribution in [2.45, 2.75) is 13.0 Å². The molecule has 0 bridgehead atoms. The van der Waals surface area contributed by atoms with Gasteiger partial charge in [-0.2, -0.15) is 4.57 Å². The first-order valence-electron chi connectivity index (χ1n) is 8.97. The Morgan fingerprint density at radius 3 is 1.86 bits per heavy atom. The number of aliphatic carboxylic acids is 1. The van der Waals surface area contributed by atoms with Gasteiger partial charge < -0.3 is 26.8 Å². The van der Waals surface area contributed by atoms with E-state index in [9.17, 15) is 9.59 Å². The maximum atomic E-state index is 13.1. The van der Waals surface area contributed by atoms with Crippen molar-refractivity contribution in [1.29, 1.82) is 0 Å². The molecule has 6 heteroatoms. The van der Waals surface area contributed by atoms with Gasteiger partial charge in [-0.1, -0.05) is 42.5 Å². The number of nitrogens with zero attached hydrogens (tertiary/aromatic N) is 1. The molecule has 0 aliphatic heterocycles. The molecule has 0 spiro atoms. The molecule has 3 aromatic carbocycles. The van der Waals surface area contributed by atoms with Crippen molar-refractivity contribution in [3.8, 4) is 5.75 Å². The van der Waals surface area contributed by atoms with Crippen molar-refractivity contribution in [3.63, 3.8) is 0 Å². The molecule has 146 valence electrons. The van der Waals surface area contributed by atoms with Gasteiger partial charge in [-0.15, -0.1) is 0 Å². The first-order valence-corrected chi connectivity index (χ1v) is 8.97. The third-order valence-corrected chi connectivity index (χ3v) is 4.64. The van der Waals surface area contributed by atoms with Crippen molar-refractivity contribution in [3.05, 3.63) is 84.4 Å². The highest BCUT2D eigenvalue weighted by molar-refractivity contribution is 6.13. The van der Waals surface area contributed by atoms with Crippen LogP contribution in [-0.4, -0.2) is 17.0 Å². The van der Waals surface area contributed by atoms with E-state index in [1.807, 2.05) is 71.3 Å². The average Bonchev–Trinajstić information content (AvgIpc) is 2.71. The molecule has 4 rings (SSSR count). The second kappa shape index (κ2) is 8.84. The van der Waals surface area contributed by atoms with Gasteiger partial charge in [-0.05, 0) is 24.3 Å². The lowest BCUT2D eigenvalue weighted by Gasteiger charge is -2.11. The largest absolute Gasteiger partial charge is 1.00 e. The zero-order valence-electron chi connectivity index (χ0n) is 15.4. The summed E-state index contributed by atoms with van der Waals surface area (Å²) in [6, 6.07) is 23.9. The highest BCUT2D eigenvalue weighted by atomic mass is 79.9. The molecule has 0 amide bonds. The van der Waals surface area contributed by atoms with Crippen LogP contribution in [0.15, 0.2) is 78.9 Å². The fraction of sp³-hybridized carbons (Fsp3) is 0.0870. The van der Waals surface area contributed by atoms with Gasteiger partial charge in [0.25, 0.3) is 0 Å². The number of rotatable bonds is 5. The summed E-state index contributed by atoms with van der Waals surface area (Å²) in [7, 11) is 0. The molecule has 0 unspecified atom stereocenters. The van der Waals surface area contributed by atoms with Gasteiger partial charge in [-0.25, -0.2) is 4.79 Å². The number of hydrogen-bond donors (Lipinski definition) is 1. The van der Waals surface area contributed by atoms with Gasteiger partial charge in [0.15, 0.2) is 6.54 Å². The summed E-state index contributed by atoms with van der Waals surface area (Å²) in [6.07, 6.45) is -0.00748. The lowest BCUT2D eigenvalue weighted by atomic mass is 10.0. The predicted molar refractivity (Wildman–Crippen MR) is 105 cm³/mol. The molecular weight excluding hydrogens is 434 g/mol. The molecule has 1 N–H and O–H groups in total. The molecule has 0 saturated heterocycles. The van der Waals surface area contributed by atoms with Crippen LogP contribution in [-0.2, 0) is 11.3 Å². The summed E-state index contributed by atoms with van der Waals surface area (Å²) in [4.78, 5) is 24.2. The standard InChI is InChI=1S/C23H17NO4.BrH/c25-21(26)14-15-24-19-12-6-4-10-17(19)22(18-11-5-7-13-20(18)24)23(27)28-16-8-2-1-3-9-16;/h1-13H,14-15H2;1H. The maximum Gasteiger partial charge on any atom is 0.345 e. The number of carboxylic acid groups (broad SMARTS) is 1. The minimum absolute atomic E-state index is 0. The number of carbonyl (C=O) groups is 2. The normalized spacial score (nSPS) is 10.5. The molecule has 29 heavy (non-hydrogen) atoms. The van der Waals surface area contributed by atoms with Crippen molar-refractivity contribution < 1.29 is 41.0 Å². The summed E-state index contributed by atoms with van der Waals surface area (Å²) in [5, 5.41) is 10.6. The summed E-state index contributed by atoms with van der Waals surface area (Å²) in [5.74, 6) is -0.833. The number of aryl methyl sites for hydroxylation is 1. The van der Waals surface area contributed by atoms with Crippen molar-refractivity contribution in [2.24, 2.45) is 0 Å². The smallest absolute Gasteiger partial charge is 0.345 e. The number of para-hydroxylation sites is 3. The molecule has 0 aliphatic rings. The third-order valence-electron chi connectivity index (χ3n) is 4.64. The number of carbonyl (C=O) groups excluding carboxylic acids is 1. The molecule has 5 nitrogen and oxygen atoms in total. The van der Waals surface area contributed by atoms with Crippen molar-refractivity contribution in [1.82, 2.24) is 0 Å². The third kappa shape index (κ3) is 4.12. The Kier molecular flexibility index (Phi) is 6.24. The second-order valence-corrected chi connectivity index (χ2v) is 6.41. The van der Waals surface area contributed by atoms with Crippen LogP contribution in [0.4, 0.5) is 0 Å². The lowest BCUT2D eigenvalue weighted by molar-refractivity contribution is -0.644. The summed E-state index contributed by atoms with van der Waals surface area (Å²) in [5.41, 5.74) is 2.06. The molecule has 0 aliphatic carbocycles. The van der Waals surface area contributed by atoms with Crippen molar-refractivity contribution >= 4 is 33.7 Å². The number of ether oxygens (including phenoxy) is 1. The topological polar surface area (TPSA) is 67.5 Å². The van der Waals surface area contributed by atoms with E-state index in [2.05, 4.69) is 0 Å². The van der Waals surface area contributed by atoms with E-state index in [4.69, 9.17) is 9.84 Å². The molecule has 1 aromatic heterocycles. The Morgan fingerprint density at radius 2 is 1.31 bits per heavy atom. The van der Waals surface area contributed by atoms with Crippen LogP contribution in [0.5, 0.6) is 5.75 Å². The van der Waals surface area contributed by atoms with E-state index in [0.29, 0.717) is 17.9 Å². The van der Waals surface area contributed by atoms with Gasteiger partial charge in [0, 0.05) is 12.1 Å². The molecule has 4 aromatic rings. The van der Waals surface area contributed by atoms with Crippen LogP contribution in [0.25, 0.3) is 21.8 Å². The van der Waals surface area contributed by atoms with Gasteiger partial charge in [0.05, 0.1) is 16.3 Å². The van der Waals surface area contributed by atoms with E-state index in [0.717, 1.165) is 21.8 Å². The van der Waals surface area contributed by atoms with Gasteiger partial charge in [0.2, 0.25) is 11.0 Å². The highest BCUT2D eigenvalue weighted by Crippen LogP contribution is 2.26. The predicted octanol–water partition coefficient (Wildman–Crippen LogP) is 0.978. The van der Waals surface area contributed by atoms with E-state index in [1.165, 1.54) is 0 Å². The SMILES string of the molecule is O=C(O)CC[n+]1c2ccccc2c(C(=O)Oc2ccccc2)c2ccccc21.[Br-]. The molecule has 0 atom stereocenters. The zero-order chi connectivity index (χ0) is 19.5. The van der Waals surface area contributed by atoms with E-state index < -0.39 is 11.9 Å². The quantitative estimate of drug-likeness (QED) is 0.212. The van der Waals surface area contributed by atoms with Crippen LogP contribution < -0.4 is 26.3 Å². The Hall–Kier alpha value is -3.25. The highest BCUT2D eigenvalue weighted by Gasteiger charge is 2.25. The number of fused-ring (bicyclic) bond motifs is 2. The van der Waals surface area contributed by atoms with Crippen LogP contribution in [0.3, 0.4) is 0 Å². The summed E-state index contributed by atoms with van der Waals surface area (Å²) < 4.78 is 7.55. The minimum atomic E-state index is -0.867. The van der Waals surface area contributed by atoms with Crippen LogP contribution in [0.2, 0.25) is 0 Å².